The molecule has 0 bridgehead atoms. The van der Waals surface area contributed by atoms with Crippen molar-refractivity contribution in [3.63, 3.8) is 0 Å². The minimum absolute atomic E-state index is 0.112. The molecule has 1 heterocycles. The molecule has 0 fully saturated rings. The molecule has 0 radical (unpaired) electrons. The maximum absolute atomic E-state index is 12.1. The number of carbonyl (C=O) groups excluding carboxylic acids is 2. The van der Waals surface area contributed by atoms with Crippen LogP contribution >= 0.6 is 11.3 Å². The SMILES string of the molecule is C/C=C/C=C/C(=O)Nc1ccccc1NC(=O)Cc1cccs1. The highest BCUT2D eigenvalue weighted by Gasteiger charge is 2.09. The number of para-hydroxylation sites is 2. The Morgan fingerprint density at radius 2 is 1.78 bits per heavy atom. The number of nitrogens with one attached hydrogen (secondary N) is 2. The molecule has 4 nitrogen and oxygen atoms in total. The number of hydrogen-bond acceptors (Lipinski definition) is 3. The summed E-state index contributed by atoms with van der Waals surface area (Å²) in [7, 11) is 0. The van der Waals surface area contributed by atoms with E-state index in [1.54, 1.807) is 41.7 Å². The number of benzene rings is 1. The lowest BCUT2D eigenvalue weighted by atomic mass is 10.2. The van der Waals surface area contributed by atoms with Gasteiger partial charge in [0.1, 0.15) is 0 Å². The van der Waals surface area contributed by atoms with Crippen LogP contribution in [0.3, 0.4) is 0 Å². The fourth-order valence-corrected chi connectivity index (χ4v) is 2.60. The molecule has 5 heteroatoms. The zero-order valence-electron chi connectivity index (χ0n) is 12.8. The predicted octanol–water partition coefficient (Wildman–Crippen LogP) is 4.00. The van der Waals surface area contributed by atoms with Gasteiger partial charge in [-0.3, -0.25) is 9.59 Å². The summed E-state index contributed by atoms with van der Waals surface area (Å²) >= 11 is 1.54. The molecule has 0 saturated carbocycles. The van der Waals surface area contributed by atoms with Crippen LogP contribution in [0.15, 0.2) is 66.1 Å². The van der Waals surface area contributed by atoms with E-state index in [1.165, 1.54) is 6.08 Å². The van der Waals surface area contributed by atoms with Crippen LogP contribution < -0.4 is 10.6 Å². The first kappa shape index (κ1) is 16.7. The van der Waals surface area contributed by atoms with Crippen molar-refractivity contribution < 1.29 is 9.59 Å². The normalized spacial score (nSPS) is 11.0. The van der Waals surface area contributed by atoms with Crippen molar-refractivity contribution in [3.8, 4) is 0 Å². The van der Waals surface area contributed by atoms with Crippen molar-refractivity contribution >= 4 is 34.5 Å². The molecule has 0 aliphatic carbocycles. The van der Waals surface area contributed by atoms with Gasteiger partial charge in [-0.25, -0.2) is 0 Å². The number of carbonyl (C=O) groups is 2. The van der Waals surface area contributed by atoms with Gasteiger partial charge in [0.15, 0.2) is 0 Å². The molecule has 0 aliphatic rings. The topological polar surface area (TPSA) is 58.2 Å². The maximum atomic E-state index is 12.1. The summed E-state index contributed by atoms with van der Waals surface area (Å²) in [5.74, 6) is -0.360. The van der Waals surface area contributed by atoms with Crippen molar-refractivity contribution in [2.45, 2.75) is 13.3 Å². The molecule has 0 unspecified atom stereocenters. The van der Waals surface area contributed by atoms with Gasteiger partial charge in [-0.05, 0) is 30.5 Å². The summed E-state index contributed by atoms with van der Waals surface area (Å²) in [5.41, 5.74) is 1.16. The Kier molecular flexibility index (Phi) is 6.32. The Morgan fingerprint density at radius 3 is 2.43 bits per heavy atom. The van der Waals surface area contributed by atoms with Gasteiger partial charge in [-0.1, -0.05) is 36.4 Å². The minimum Gasteiger partial charge on any atom is -0.324 e. The molecular formula is C18H18N2O2S. The van der Waals surface area contributed by atoms with Gasteiger partial charge in [0.25, 0.3) is 0 Å². The number of amides is 2. The minimum atomic E-state index is -0.247. The smallest absolute Gasteiger partial charge is 0.248 e. The summed E-state index contributed by atoms with van der Waals surface area (Å²) in [4.78, 5) is 24.9. The molecule has 118 valence electrons. The van der Waals surface area contributed by atoms with Crippen LogP contribution in [-0.4, -0.2) is 11.8 Å². The molecule has 2 amide bonds. The van der Waals surface area contributed by atoms with Gasteiger partial charge in [0, 0.05) is 11.0 Å². The quantitative estimate of drug-likeness (QED) is 0.622. The molecule has 1 aromatic heterocycles. The second-order valence-electron chi connectivity index (χ2n) is 4.72. The number of hydrogen-bond donors (Lipinski definition) is 2. The van der Waals surface area contributed by atoms with Crippen molar-refractivity contribution in [1.29, 1.82) is 0 Å². The Balaban J connectivity index is 2.02. The monoisotopic (exact) mass is 326 g/mol. The fraction of sp³-hybridized carbons (Fsp3) is 0.111. The number of thiophene rings is 1. The van der Waals surface area contributed by atoms with E-state index in [0.717, 1.165) is 4.88 Å². The number of anilines is 2. The zero-order chi connectivity index (χ0) is 16.5. The highest BCUT2D eigenvalue weighted by atomic mass is 32.1. The molecule has 1 aromatic carbocycles. The molecule has 0 spiro atoms. The van der Waals surface area contributed by atoms with Gasteiger partial charge >= 0.3 is 0 Å². The van der Waals surface area contributed by atoms with Gasteiger partial charge in [-0.2, -0.15) is 0 Å². The van der Waals surface area contributed by atoms with E-state index in [9.17, 15) is 9.59 Å². The molecule has 2 aromatic rings. The van der Waals surface area contributed by atoms with Crippen LogP contribution in [0.25, 0.3) is 0 Å². The fourth-order valence-electron chi connectivity index (χ4n) is 1.90. The summed E-state index contributed by atoms with van der Waals surface area (Å²) < 4.78 is 0. The Bertz CT molecular complexity index is 718. The van der Waals surface area contributed by atoms with Crippen LogP contribution in [0.1, 0.15) is 11.8 Å². The Hall–Kier alpha value is -2.66. The lowest BCUT2D eigenvalue weighted by Crippen LogP contribution is -2.16. The average Bonchev–Trinajstić information content (AvgIpc) is 3.02. The maximum Gasteiger partial charge on any atom is 0.248 e. The second kappa shape index (κ2) is 8.70. The van der Waals surface area contributed by atoms with Crippen LogP contribution in [0.5, 0.6) is 0 Å². The first-order chi connectivity index (χ1) is 11.2. The largest absolute Gasteiger partial charge is 0.324 e. The molecule has 0 saturated heterocycles. The van der Waals surface area contributed by atoms with Gasteiger partial charge in [0.2, 0.25) is 11.8 Å². The zero-order valence-corrected chi connectivity index (χ0v) is 13.6. The van der Waals surface area contributed by atoms with Crippen LogP contribution in [0, 0.1) is 0 Å². The van der Waals surface area contributed by atoms with Crippen molar-refractivity contribution in [1.82, 2.24) is 0 Å². The number of rotatable bonds is 6. The molecule has 2 rings (SSSR count). The van der Waals surface area contributed by atoms with E-state index in [-0.39, 0.29) is 11.8 Å². The first-order valence-corrected chi connectivity index (χ1v) is 8.08. The van der Waals surface area contributed by atoms with Crippen molar-refractivity contribution in [2.75, 3.05) is 10.6 Å². The van der Waals surface area contributed by atoms with Crippen molar-refractivity contribution in [2.24, 2.45) is 0 Å². The van der Waals surface area contributed by atoms with E-state index >= 15 is 0 Å². The third-order valence-corrected chi connectivity index (χ3v) is 3.80. The lowest BCUT2D eigenvalue weighted by molar-refractivity contribution is -0.115. The molecule has 23 heavy (non-hydrogen) atoms. The van der Waals surface area contributed by atoms with Crippen LogP contribution in [0.4, 0.5) is 11.4 Å². The summed E-state index contributed by atoms with van der Waals surface area (Å²) in [6, 6.07) is 11.0. The molecular weight excluding hydrogens is 308 g/mol. The van der Waals surface area contributed by atoms with E-state index in [1.807, 2.05) is 36.6 Å². The average molecular weight is 326 g/mol. The Morgan fingerprint density at radius 1 is 1.04 bits per heavy atom. The second-order valence-corrected chi connectivity index (χ2v) is 5.76. The van der Waals surface area contributed by atoms with E-state index in [0.29, 0.717) is 17.8 Å². The van der Waals surface area contributed by atoms with E-state index in [4.69, 9.17) is 0 Å². The van der Waals surface area contributed by atoms with Gasteiger partial charge < -0.3 is 10.6 Å². The van der Waals surface area contributed by atoms with Crippen LogP contribution in [0.2, 0.25) is 0 Å². The van der Waals surface area contributed by atoms with E-state index in [2.05, 4.69) is 10.6 Å². The third-order valence-electron chi connectivity index (χ3n) is 2.93. The third kappa shape index (κ3) is 5.56. The van der Waals surface area contributed by atoms with Crippen molar-refractivity contribution in [3.05, 3.63) is 71.0 Å². The summed E-state index contributed by atoms with van der Waals surface area (Å²) in [5, 5.41) is 7.54. The molecule has 2 N–H and O–H groups in total. The highest BCUT2D eigenvalue weighted by molar-refractivity contribution is 7.10. The summed E-state index contributed by atoms with van der Waals surface area (Å²) in [6.07, 6.45) is 7.02. The van der Waals surface area contributed by atoms with Gasteiger partial charge in [0.05, 0.1) is 17.8 Å². The molecule has 0 atom stereocenters. The Labute approximate surface area is 139 Å². The highest BCUT2D eigenvalue weighted by Crippen LogP contribution is 2.21. The first-order valence-electron chi connectivity index (χ1n) is 7.20. The molecule has 0 aliphatic heterocycles. The standard InChI is InChI=1S/C18H18N2O2S/c1-2-3-4-11-17(21)19-15-9-5-6-10-16(15)20-18(22)13-14-8-7-12-23-14/h2-12H,13H2,1H3,(H,19,21)(H,20,22)/b3-2+,11-4+. The van der Waals surface area contributed by atoms with E-state index < -0.39 is 0 Å². The summed E-state index contributed by atoms with van der Waals surface area (Å²) in [6.45, 7) is 1.88. The predicted molar refractivity (Wildman–Crippen MR) is 95.7 cm³/mol. The van der Waals surface area contributed by atoms with Gasteiger partial charge in [-0.15, -0.1) is 11.3 Å². The number of allylic oxidation sites excluding steroid dienone is 3. The van der Waals surface area contributed by atoms with Crippen LogP contribution in [-0.2, 0) is 16.0 Å². The lowest BCUT2D eigenvalue weighted by Gasteiger charge is -2.11.